The molecule has 15 heavy (non-hydrogen) atoms. The van der Waals surface area contributed by atoms with Gasteiger partial charge in [-0.05, 0) is 19.4 Å². The standard InChI is InChI=1S/C10H17N3O2/c1-8-12-10(13-15-8)4-6-14-9-3-2-5-11-7-9/h9,11H,2-7H2,1H3. The number of piperidine rings is 1. The van der Waals surface area contributed by atoms with Gasteiger partial charge in [0, 0.05) is 19.9 Å². The van der Waals surface area contributed by atoms with Crippen LogP contribution in [0.15, 0.2) is 4.52 Å². The van der Waals surface area contributed by atoms with Crippen LogP contribution in [0.4, 0.5) is 0 Å². The number of rotatable bonds is 4. The summed E-state index contributed by atoms with van der Waals surface area (Å²) in [5.74, 6) is 1.35. The minimum atomic E-state index is 0.353. The molecule has 0 amide bonds. The van der Waals surface area contributed by atoms with E-state index >= 15 is 0 Å². The molecule has 2 heterocycles. The third-order valence-corrected chi connectivity index (χ3v) is 2.50. The van der Waals surface area contributed by atoms with Crippen LogP contribution in [0.3, 0.4) is 0 Å². The van der Waals surface area contributed by atoms with Gasteiger partial charge in [0.25, 0.3) is 0 Å². The van der Waals surface area contributed by atoms with Crippen LogP contribution in [0.5, 0.6) is 0 Å². The highest BCUT2D eigenvalue weighted by molar-refractivity contribution is 4.83. The summed E-state index contributed by atoms with van der Waals surface area (Å²) in [4.78, 5) is 4.12. The lowest BCUT2D eigenvalue weighted by Gasteiger charge is -2.22. The Bertz CT molecular complexity index is 295. The van der Waals surface area contributed by atoms with Gasteiger partial charge in [0.15, 0.2) is 5.82 Å². The molecule has 84 valence electrons. The molecule has 1 N–H and O–H groups in total. The summed E-state index contributed by atoms with van der Waals surface area (Å²) in [7, 11) is 0. The maximum absolute atomic E-state index is 5.71. The van der Waals surface area contributed by atoms with Crippen LogP contribution in [0, 0.1) is 6.92 Å². The van der Waals surface area contributed by atoms with Crippen molar-refractivity contribution in [2.75, 3.05) is 19.7 Å². The Morgan fingerprint density at radius 2 is 2.53 bits per heavy atom. The average Bonchev–Trinajstić information content (AvgIpc) is 2.66. The summed E-state index contributed by atoms with van der Waals surface area (Å²) in [6.07, 6.45) is 3.43. The second-order valence-corrected chi connectivity index (χ2v) is 3.82. The Morgan fingerprint density at radius 1 is 1.60 bits per heavy atom. The summed E-state index contributed by atoms with van der Waals surface area (Å²) < 4.78 is 10.6. The molecular formula is C10H17N3O2. The van der Waals surface area contributed by atoms with Crippen molar-refractivity contribution >= 4 is 0 Å². The molecule has 1 unspecified atom stereocenters. The fraction of sp³-hybridized carbons (Fsp3) is 0.800. The number of aromatic nitrogens is 2. The molecule has 0 aliphatic carbocycles. The highest BCUT2D eigenvalue weighted by Gasteiger charge is 2.13. The molecule has 1 atom stereocenters. The number of nitrogens with one attached hydrogen (secondary N) is 1. The molecule has 1 aromatic heterocycles. The maximum Gasteiger partial charge on any atom is 0.223 e. The first-order valence-electron chi connectivity index (χ1n) is 5.46. The molecule has 0 saturated carbocycles. The van der Waals surface area contributed by atoms with Crippen molar-refractivity contribution < 1.29 is 9.26 Å². The van der Waals surface area contributed by atoms with Gasteiger partial charge in [0.1, 0.15) is 0 Å². The van der Waals surface area contributed by atoms with Crippen LogP contribution in [-0.4, -0.2) is 35.9 Å². The van der Waals surface area contributed by atoms with Gasteiger partial charge in [-0.2, -0.15) is 4.98 Å². The largest absolute Gasteiger partial charge is 0.376 e. The second kappa shape index (κ2) is 5.23. The van der Waals surface area contributed by atoms with Gasteiger partial charge < -0.3 is 14.6 Å². The number of hydrogen-bond donors (Lipinski definition) is 1. The van der Waals surface area contributed by atoms with E-state index in [9.17, 15) is 0 Å². The van der Waals surface area contributed by atoms with E-state index < -0.39 is 0 Å². The zero-order valence-corrected chi connectivity index (χ0v) is 9.03. The van der Waals surface area contributed by atoms with Crippen LogP contribution in [-0.2, 0) is 11.2 Å². The van der Waals surface area contributed by atoms with Crippen molar-refractivity contribution in [1.82, 2.24) is 15.5 Å². The highest BCUT2D eigenvalue weighted by atomic mass is 16.5. The first-order valence-corrected chi connectivity index (χ1v) is 5.46. The third kappa shape index (κ3) is 3.28. The van der Waals surface area contributed by atoms with Crippen LogP contribution >= 0.6 is 0 Å². The van der Waals surface area contributed by atoms with E-state index in [1.165, 1.54) is 6.42 Å². The SMILES string of the molecule is Cc1nc(CCOC2CCCNC2)no1. The fourth-order valence-corrected chi connectivity index (χ4v) is 1.72. The third-order valence-electron chi connectivity index (χ3n) is 2.50. The van der Waals surface area contributed by atoms with Crippen molar-refractivity contribution in [3.63, 3.8) is 0 Å². The smallest absolute Gasteiger partial charge is 0.223 e. The molecule has 2 rings (SSSR count). The molecule has 0 radical (unpaired) electrons. The Labute approximate surface area is 89.2 Å². The first kappa shape index (κ1) is 10.6. The van der Waals surface area contributed by atoms with Crippen molar-refractivity contribution in [3.05, 3.63) is 11.7 Å². The number of aryl methyl sites for hydroxylation is 1. The van der Waals surface area contributed by atoms with Gasteiger partial charge in [0.2, 0.25) is 5.89 Å². The molecule has 5 heteroatoms. The summed E-state index contributed by atoms with van der Waals surface area (Å²) in [6, 6.07) is 0. The lowest BCUT2D eigenvalue weighted by molar-refractivity contribution is 0.0381. The molecule has 5 nitrogen and oxygen atoms in total. The summed E-state index contributed by atoms with van der Waals surface area (Å²) in [6.45, 7) is 4.54. The Balaban J connectivity index is 1.65. The van der Waals surface area contributed by atoms with Gasteiger partial charge in [-0.1, -0.05) is 5.16 Å². The monoisotopic (exact) mass is 211 g/mol. The predicted octanol–water partition coefficient (Wildman–Crippen LogP) is 0.689. The van der Waals surface area contributed by atoms with Crippen LogP contribution < -0.4 is 5.32 Å². The van der Waals surface area contributed by atoms with E-state index in [1.54, 1.807) is 6.92 Å². The highest BCUT2D eigenvalue weighted by Crippen LogP contribution is 2.06. The Hall–Kier alpha value is -0.940. The summed E-state index contributed by atoms with van der Waals surface area (Å²) in [5, 5.41) is 7.13. The first-order chi connectivity index (χ1) is 7.34. The molecule has 0 bridgehead atoms. The van der Waals surface area contributed by atoms with Gasteiger partial charge in [0.05, 0.1) is 12.7 Å². The molecule has 1 aromatic rings. The topological polar surface area (TPSA) is 60.2 Å². The molecule has 1 fully saturated rings. The van der Waals surface area contributed by atoms with Gasteiger partial charge in [-0.25, -0.2) is 0 Å². The van der Waals surface area contributed by atoms with Crippen molar-refractivity contribution in [2.45, 2.75) is 32.3 Å². The number of nitrogens with zero attached hydrogens (tertiary/aromatic N) is 2. The fourth-order valence-electron chi connectivity index (χ4n) is 1.72. The normalized spacial score (nSPS) is 21.8. The zero-order valence-electron chi connectivity index (χ0n) is 9.03. The van der Waals surface area contributed by atoms with E-state index in [0.29, 0.717) is 18.6 Å². The Kier molecular flexibility index (Phi) is 3.69. The summed E-state index contributed by atoms with van der Waals surface area (Å²) >= 11 is 0. The number of ether oxygens (including phenoxy) is 1. The Morgan fingerprint density at radius 3 is 3.20 bits per heavy atom. The molecule has 1 saturated heterocycles. The van der Waals surface area contributed by atoms with E-state index in [2.05, 4.69) is 15.5 Å². The lowest BCUT2D eigenvalue weighted by atomic mass is 10.1. The predicted molar refractivity (Wildman–Crippen MR) is 54.6 cm³/mol. The van der Waals surface area contributed by atoms with Crippen molar-refractivity contribution in [3.8, 4) is 0 Å². The molecule has 0 spiro atoms. The minimum Gasteiger partial charge on any atom is -0.376 e. The van der Waals surface area contributed by atoms with E-state index in [-0.39, 0.29) is 0 Å². The number of hydrogen-bond acceptors (Lipinski definition) is 5. The van der Waals surface area contributed by atoms with Crippen LogP contribution in [0.2, 0.25) is 0 Å². The molecule has 1 aliphatic rings. The van der Waals surface area contributed by atoms with E-state index in [4.69, 9.17) is 9.26 Å². The second-order valence-electron chi connectivity index (χ2n) is 3.82. The molecular weight excluding hydrogens is 194 g/mol. The van der Waals surface area contributed by atoms with Gasteiger partial charge in [-0.15, -0.1) is 0 Å². The quantitative estimate of drug-likeness (QED) is 0.794. The minimum absolute atomic E-state index is 0.353. The lowest BCUT2D eigenvalue weighted by Crippen LogP contribution is -2.35. The van der Waals surface area contributed by atoms with Gasteiger partial charge >= 0.3 is 0 Å². The van der Waals surface area contributed by atoms with Crippen molar-refractivity contribution in [2.24, 2.45) is 0 Å². The molecule has 1 aliphatic heterocycles. The van der Waals surface area contributed by atoms with Crippen molar-refractivity contribution in [1.29, 1.82) is 0 Å². The molecule has 0 aromatic carbocycles. The van der Waals surface area contributed by atoms with Crippen LogP contribution in [0.25, 0.3) is 0 Å². The van der Waals surface area contributed by atoms with E-state index in [1.807, 2.05) is 0 Å². The zero-order chi connectivity index (χ0) is 10.5. The summed E-state index contributed by atoms with van der Waals surface area (Å²) in [5.41, 5.74) is 0. The maximum atomic E-state index is 5.71. The van der Waals surface area contributed by atoms with Gasteiger partial charge in [-0.3, -0.25) is 0 Å². The average molecular weight is 211 g/mol. The van der Waals surface area contributed by atoms with E-state index in [0.717, 1.165) is 31.8 Å². The van der Waals surface area contributed by atoms with Crippen LogP contribution in [0.1, 0.15) is 24.6 Å².